The van der Waals surface area contributed by atoms with Crippen LogP contribution in [0.2, 0.25) is 0 Å². The first-order chi connectivity index (χ1) is 40.8. The molecule has 0 aliphatic carbocycles. The van der Waals surface area contributed by atoms with E-state index in [1.165, 1.54) is 33.4 Å². The molecule has 0 N–H and O–H groups in total. The molecule has 2 aromatic heterocycles. The lowest BCUT2D eigenvalue weighted by Gasteiger charge is -2.35. The number of ether oxygens (including phenoxy) is 2. The lowest BCUT2D eigenvalue weighted by atomic mass is 9.34. The Labute approximate surface area is 516 Å². The summed E-state index contributed by atoms with van der Waals surface area (Å²) < 4.78 is 14.5. The molecule has 0 spiro atoms. The van der Waals surface area contributed by atoms with Gasteiger partial charge in [-0.15, -0.1) is 0 Å². The van der Waals surface area contributed by atoms with Gasteiger partial charge in [-0.1, -0.05) is 264 Å². The highest BCUT2D eigenvalue weighted by atomic mass is 16.5. The maximum absolute atomic E-state index is 7.24. The van der Waals surface area contributed by atoms with Gasteiger partial charge in [0.25, 0.3) is 6.71 Å². The maximum atomic E-state index is 7.24. The summed E-state index contributed by atoms with van der Waals surface area (Å²) in [4.78, 5) is 32.5. The molecule has 438 valence electrons. The number of hydrogen-bond acceptors (Lipinski definition) is 8. The molecule has 0 saturated carbocycles. The Kier molecular flexibility index (Phi) is 14.3. The van der Waals surface area contributed by atoms with Crippen LogP contribution >= 0.6 is 0 Å². The average Bonchev–Trinajstić information content (AvgIpc) is 0.795. The molecule has 8 aromatic carbocycles. The second-order valence-electron chi connectivity index (χ2n) is 30.2. The molecule has 10 aromatic rings. The van der Waals surface area contributed by atoms with Gasteiger partial charge in [-0.2, -0.15) is 0 Å². The fourth-order valence-electron chi connectivity index (χ4n) is 11.8. The van der Waals surface area contributed by atoms with Gasteiger partial charge in [0, 0.05) is 44.4 Å². The second kappa shape index (κ2) is 21.1. The number of hydrogen-bond donors (Lipinski definition) is 0. The van der Waals surface area contributed by atoms with Crippen molar-refractivity contribution in [2.75, 3.05) is 0 Å². The first-order valence-electron chi connectivity index (χ1n) is 30.8. The minimum atomic E-state index is -0.165. The van der Waals surface area contributed by atoms with E-state index in [9.17, 15) is 0 Å². The van der Waals surface area contributed by atoms with Gasteiger partial charge >= 0.3 is 0 Å². The van der Waals surface area contributed by atoms with Crippen LogP contribution in [0, 0.1) is 0 Å². The van der Waals surface area contributed by atoms with Gasteiger partial charge in [0.2, 0.25) is 0 Å². The van der Waals surface area contributed by atoms with Crippen molar-refractivity contribution in [1.82, 2.24) is 29.9 Å². The fourth-order valence-corrected chi connectivity index (χ4v) is 11.8. The zero-order valence-electron chi connectivity index (χ0n) is 54.2. The van der Waals surface area contributed by atoms with Crippen LogP contribution in [0.5, 0.6) is 23.0 Å². The normalized spacial score (nSPS) is 13.3. The number of fused-ring (bicyclic) bond motifs is 4. The largest absolute Gasteiger partial charge is 0.458 e. The molecule has 87 heavy (non-hydrogen) atoms. The highest BCUT2D eigenvalue weighted by molar-refractivity contribution is 6.98. The summed E-state index contributed by atoms with van der Waals surface area (Å²) in [7, 11) is 0. The summed E-state index contributed by atoms with van der Waals surface area (Å²) in [5.74, 6) is 6.25. The lowest BCUT2D eigenvalue weighted by molar-refractivity contribution is 0.464. The van der Waals surface area contributed by atoms with Gasteiger partial charge in [-0.3, -0.25) is 0 Å². The zero-order chi connectivity index (χ0) is 61.9. The second-order valence-corrected chi connectivity index (χ2v) is 30.2. The Morgan fingerprint density at radius 3 is 0.805 bits per heavy atom. The zero-order valence-corrected chi connectivity index (χ0v) is 54.2. The third-order valence-corrected chi connectivity index (χ3v) is 17.3. The lowest BCUT2D eigenvalue weighted by Crippen LogP contribution is -2.57. The van der Waals surface area contributed by atoms with Gasteiger partial charge in [0.1, 0.15) is 23.0 Å². The summed E-state index contributed by atoms with van der Waals surface area (Å²) in [6.07, 6.45) is 0. The molecule has 0 bridgehead atoms. The molecule has 0 atom stereocenters. The third kappa shape index (κ3) is 11.5. The minimum absolute atomic E-state index is 0.0465. The predicted molar refractivity (Wildman–Crippen MR) is 361 cm³/mol. The topological polar surface area (TPSA) is 95.8 Å². The van der Waals surface area contributed by atoms with Crippen molar-refractivity contribution < 1.29 is 9.47 Å². The van der Waals surface area contributed by atoms with Crippen molar-refractivity contribution in [3.63, 3.8) is 0 Å². The number of aromatic nitrogens is 6. The third-order valence-electron chi connectivity index (χ3n) is 17.3. The molecule has 2 aliphatic heterocycles. The Hall–Kier alpha value is -8.56. The molecule has 8 nitrogen and oxygen atoms in total. The van der Waals surface area contributed by atoms with Crippen LogP contribution in [0.15, 0.2) is 164 Å². The molecule has 0 fully saturated rings. The fraction of sp³-hybridized carbons (Fsp3) is 0.308. The van der Waals surface area contributed by atoms with Crippen LogP contribution in [0.3, 0.4) is 0 Å². The van der Waals surface area contributed by atoms with Crippen molar-refractivity contribution in [1.29, 1.82) is 0 Å². The molecule has 9 heteroatoms. The predicted octanol–water partition coefficient (Wildman–Crippen LogP) is 18.2. The van der Waals surface area contributed by atoms with Gasteiger partial charge < -0.3 is 9.47 Å². The van der Waals surface area contributed by atoms with Crippen molar-refractivity contribution in [2.45, 2.75) is 157 Å². The monoisotopic (exact) mass is 1140 g/mol. The molecule has 2 aliphatic rings. The van der Waals surface area contributed by atoms with E-state index in [4.69, 9.17) is 39.4 Å². The molecule has 0 unspecified atom stereocenters. The summed E-state index contributed by atoms with van der Waals surface area (Å²) in [6.45, 7) is 40.2. The average molecular weight is 1150 g/mol. The highest BCUT2D eigenvalue weighted by Crippen LogP contribution is 2.46. The summed E-state index contributed by atoms with van der Waals surface area (Å²) >= 11 is 0. The standard InChI is InChI=1S/C78H81BN6O2/c1-73(2,3)51-30-22-46(23-31-51)67-80-68(47-24-32-52(33-25-47)74(4,5)6)83-71(82-67)57-20-19-21-58(72-84-69(48-26-34-53(35-27-48)75(7,8)9)81-70(85-72)49-28-36-54(37-29-49)76(10,11)12)65(57)50-42-63-66-64(43-50)87-62-41-39-56(78(16,17)18)45-60(62)79(66)59-44-55(77(13,14)15)38-40-61(59)86-63/h19-45H,1-18H3. The van der Waals surface area contributed by atoms with Crippen molar-refractivity contribution in [3.05, 3.63) is 197 Å². The Balaban J connectivity index is 1.15. The summed E-state index contributed by atoms with van der Waals surface area (Å²) in [6, 6.07) is 58.5. The smallest absolute Gasteiger partial charge is 0.260 e. The number of nitrogens with zero attached hydrogens (tertiary/aromatic N) is 6. The van der Waals surface area contributed by atoms with Crippen molar-refractivity contribution in [3.8, 4) is 102 Å². The van der Waals surface area contributed by atoms with E-state index >= 15 is 0 Å². The Morgan fingerprint density at radius 2 is 0.529 bits per heavy atom. The SMILES string of the molecule is CC(C)(C)c1ccc(-c2nc(-c3ccc(C(C)(C)C)cc3)nc(-c3cccc(-c4nc(-c5ccc(C(C)(C)C)cc5)nc(-c5ccc(C(C)(C)C)cc5)n4)c3-c3cc4c5c(c3)Oc3ccc(C(C)(C)C)cc3B5c3cc(C(C)(C)C)ccc3O4)n2)cc1. The maximum Gasteiger partial charge on any atom is 0.260 e. The first-order valence-corrected chi connectivity index (χ1v) is 30.8. The molecule has 0 radical (unpaired) electrons. The molecule has 4 heterocycles. The van der Waals surface area contributed by atoms with E-state index in [1.54, 1.807) is 0 Å². The number of rotatable bonds is 7. The Morgan fingerprint density at radius 1 is 0.264 bits per heavy atom. The molecule has 0 saturated heterocycles. The van der Waals surface area contributed by atoms with Crippen LogP contribution < -0.4 is 25.9 Å². The van der Waals surface area contributed by atoms with Gasteiger partial charge in [-0.25, -0.2) is 29.9 Å². The molecule has 0 amide bonds. The quantitative estimate of drug-likeness (QED) is 0.146. The van der Waals surface area contributed by atoms with Crippen LogP contribution in [0.25, 0.3) is 79.5 Å². The molecular weight excluding hydrogens is 1060 g/mol. The molecular formula is C78H81BN6O2. The van der Waals surface area contributed by atoms with Crippen LogP contribution in [0.4, 0.5) is 0 Å². The number of benzene rings is 8. The first kappa shape index (κ1) is 58.8. The van der Waals surface area contributed by atoms with E-state index in [0.717, 1.165) is 72.4 Å². The van der Waals surface area contributed by atoms with E-state index in [0.29, 0.717) is 46.4 Å². The van der Waals surface area contributed by atoms with Crippen LogP contribution in [-0.2, 0) is 32.5 Å². The van der Waals surface area contributed by atoms with E-state index in [-0.39, 0.29) is 39.2 Å². The van der Waals surface area contributed by atoms with Gasteiger partial charge in [0.05, 0.1) is 0 Å². The van der Waals surface area contributed by atoms with E-state index < -0.39 is 0 Å². The minimum Gasteiger partial charge on any atom is -0.458 e. The van der Waals surface area contributed by atoms with Crippen LogP contribution in [0.1, 0.15) is 158 Å². The summed E-state index contributed by atoms with van der Waals surface area (Å²) in [5, 5.41) is 0. The van der Waals surface area contributed by atoms with E-state index in [1.807, 2.05) is 0 Å². The van der Waals surface area contributed by atoms with E-state index in [2.05, 4.69) is 288 Å². The van der Waals surface area contributed by atoms with Crippen LogP contribution in [-0.4, -0.2) is 36.6 Å². The summed E-state index contributed by atoms with van der Waals surface area (Å²) in [5.41, 5.74) is 16.9. The van der Waals surface area contributed by atoms with Gasteiger partial charge in [-0.05, 0) is 107 Å². The molecule has 12 rings (SSSR count). The van der Waals surface area contributed by atoms with Crippen molar-refractivity contribution in [2.24, 2.45) is 0 Å². The van der Waals surface area contributed by atoms with Gasteiger partial charge in [0.15, 0.2) is 34.9 Å². The highest BCUT2D eigenvalue weighted by Gasteiger charge is 2.42. The Bertz CT molecular complexity index is 3880. The van der Waals surface area contributed by atoms with Crippen molar-refractivity contribution >= 4 is 23.1 Å².